The smallest absolute Gasteiger partial charge is 0.331 e. The highest BCUT2D eigenvalue weighted by molar-refractivity contribution is 8.00. The van der Waals surface area contributed by atoms with Crippen molar-refractivity contribution in [3.63, 3.8) is 0 Å². The summed E-state index contributed by atoms with van der Waals surface area (Å²) < 4.78 is 26.9. The fourth-order valence-electron chi connectivity index (χ4n) is 1.62. The van der Waals surface area contributed by atoms with Gasteiger partial charge in [-0.25, -0.2) is 13.2 Å². The lowest BCUT2D eigenvalue weighted by atomic mass is 9.93. The molecule has 20 heavy (non-hydrogen) atoms. The van der Waals surface area contributed by atoms with Crippen LogP contribution in [-0.4, -0.2) is 45.0 Å². The number of thioether (sulfide) groups is 1. The third-order valence-electron chi connectivity index (χ3n) is 2.77. The van der Waals surface area contributed by atoms with Crippen molar-refractivity contribution in [1.29, 1.82) is 0 Å². The second kappa shape index (κ2) is 7.10. The molecule has 0 saturated carbocycles. The van der Waals surface area contributed by atoms with Crippen LogP contribution in [0, 0.1) is 0 Å². The van der Waals surface area contributed by atoms with Crippen molar-refractivity contribution in [1.82, 2.24) is 0 Å². The zero-order valence-electron chi connectivity index (χ0n) is 11.5. The molecule has 0 fully saturated rings. The van der Waals surface area contributed by atoms with Crippen LogP contribution in [0.1, 0.15) is 5.56 Å². The summed E-state index contributed by atoms with van der Waals surface area (Å²) in [6.45, 7) is 0. The molecule has 0 aliphatic carbocycles. The molecule has 0 radical (unpaired) electrons. The molecule has 1 atom stereocenters. The number of hydrogen-bond donors (Lipinski definition) is 1. The van der Waals surface area contributed by atoms with Crippen molar-refractivity contribution in [2.75, 3.05) is 30.6 Å². The van der Waals surface area contributed by atoms with E-state index in [0.29, 0.717) is 11.3 Å². The molecule has 1 unspecified atom stereocenters. The van der Waals surface area contributed by atoms with Gasteiger partial charge in [-0.2, -0.15) is 11.8 Å². The number of carbonyl (C=O) groups is 1. The highest BCUT2D eigenvalue weighted by atomic mass is 32.2. The van der Waals surface area contributed by atoms with Gasteiger partial charge in [-0.3, -0.25) is 0 Å². The summed E-state index contributed by atoms with van der Waals surface area (Å²) in [6, 6.07) is 8.93. The van der Waals surface area contributed by atoms with Crippen molar-refractivity contribution in [3.05, 3.63) is 35.9 Å². The Morgan fingerprint density at radius 1 is 1.35 bits per heavy atom. The van der Waals surface area contributed by atoms with Crippen molar-refractivity contribution < 1.29 is 17.9 Å². The largest absolute Gasteiger partial charge is 0.467 e. The Kier molecular flexibility index (Phi) is 6.04. The highest BCUT2D eigenvalue weighted by Gasteiger charge is 2.37. The van der Waals surface area contributed by atoms with E-state index >= 15 is 0 Å². The molecule has 0 aliphatic heterocycles. The number of ether oxygens (including phenoxy) is 1. The molecular weight excluding hydrogens is 298 g/mol. The van der Waals surface area contributed by atoms with E-state index in [1.165, 1.54) is 25.1 Å². The van der Waals surface area contributed by atoms with Gasteiger partial charge in [0, 0.05) is 17.8 Å². The molecule has 1 aromatic carbocycles. The first kappa shape index (κ1) is 17.0. The van der Waals surface area contributed by atoms with Gasteiger partial charge in [-0.15, -0.1) is 0 Å². The Bertz CT molecular complexity index is 545. The van der Waals surface area contributed by atoms with Gasteiger partial charge in [0.25, 0.3) is 0 Å². The molecule has 0 amide bonds. The number of hydrogen-bond acceptors (Lipinski definition) is 6. The lowest BCUT2D eigenvalue weighted by Crippen LogP contribution is -2.48. The van der Waals surface area contributed by atoms with Crippen LogP contribution < -0.4 is 5.73 Å². The first-order valence-corrected chi connectivity index (χ1v) is 9.19. The number of nitrogens with two attached hydrogens (primary N) is 1. The SMILES string of the molecule is COC(=O)C(N)(CSCCS(C)(=O)=O)c1ccccc1. The minimum absolute atomic E-state index is 0.0592. The van der Waals surface area contributed by atoms with Crippen LogP contribution in [0.5, 0.6) is 0 Å². The van der Waals surface area contributed by atoms with Crippen LogP contribution in [0.15, 0.2) is 30.3 Å². The summed E-state index contributed by atoms with van der Waals surface area (Å²) in [5.41, 5.74) is 5.56. The van der Waals surface area contributed by atoms with E-state index in [2.05, 4.69) is 0 Å². The Hall–Kier alpha value is -1.05. The quantitative estimate of drug-likeness (QED) is 0.591. The first-order valence-electron chi connectivity index (χ1n) is 5.98. The minimum Gasteiger partial charge on any atom is -0.467 e. The number of benzene rings is 1. The minimum atomic E-state index is -3.01. The van der Waals surface area contributed by atoms with Crippen LogP contribution in [0.3, 0.4) is 0 Å². The normalized spacial score (nSPS) is 14.6. The molecular formula is C13H19NO4S2. The summed E-state index contributed by atoms with van der Waals surface area (Å²) in [6.07, 6.45) is 1.18. The van der Waals surface area contributed by atoms with Crippen molar-refractivity contribution in [2.24, 2.45) is 5.73 Å². The van der Waals surface area contributed by atoms with Crippen LogP contribution in [0.2, 0.25) is 0 Å². The zero-order chi connectivity index (χ0) is 15.2. The lowest BCUT2D eigenvalue weighted by molar-refractivity contribution is -0.146. The Morgan fingerprint density at radius 2 is 1.95 bits per heavy atom. The first-order chi connectivity index (χ1) is 9.29. The number of sulfone groups is 1. The van der Waals surface area contributed by atoms with Crippen LogP contribution in [0.4, 0.5) is 0 Å². The third kappa shape index (κ3) is 4.81. The van der Waals surface area contributed by atoms with E-state index in [4.69, 9.17) is 10.5 Å². The molecule has 0 spiro atoms. The van der Waals surface area contributed by atoms with Gasteiger partial charge >= 0.3 is 5.97 Å². The van der Waals surface area contributed by atoms with Gasteiger partial charge < -0.3 is 10.5 Å². The van der Waals surface area contributed by atoms with Gasteiger partial charge in [0.1, 0.15) is 15.4 Å². The Labute approximate surface area is 123 Å². The number of esters is 1. The van der Waals surface area contributed by atoms with Gasteiger partial charge in [-0.1, -0.05) is 30.3 Å². The standard InChI is InChI=1S/C13H19NO4S2/c1-18-12(15)13(14,11-6-4-3-5-7-11)10-19-8-9-20(2,16)17/h3-7H,8-10,14H2,1-2H3. The predicted molar refractivity (Wildman–Crippen MR) is 81.4 cm³/mol. The summed E-state index contributed by atoms with van der Waals surface area (Å²) in [5, 5.41) is 0. The number of carbonyl (C=O) groups excluding carboxylic acids is 1. The van der Waals surface area contributed by atoms with Gasteiger partial charge in [-0.05, 0) is 5.56 Å². The summed E-state index contributed by atoms with van der Waals surface area (Å²) in [4.78, 5) is 11.9. The molecule has 0 bridgehead atoms. The van der Waals surface area contributed by atoms with E-state index in [1.807, 2.05) is 6.07 Å². The fourth-order valence-corrected chi connectivity index (χ4v) is 4.05. The van der Waals surface area contributed by atoms with Crippen LogP contribution in [-0.2, 0) is 24.9 Å². The fraction of sp³-hybridized carbons (Fsp3) is 0.462. The van der Waals surface area contributed by atoms with E-state index in [1.54, 1.807) is 24.3 Å². The van der Waals surface area contributed by atoms with Crippen molar-refractivity contribution >= 4 is 27.6 Å². The average molecular weight is 317 g/mol. The van der Waals surface area contributed by atoms with Crippen LogP contribution >= 0.6 is 11.8 Å². The summed E-state index contributed by atoms with van der Waals surface area (Å²) in [7, 11) is -1.72. The molecule has 1 aromatic rings. The molecule has 0 aromatic heterocycles. The second-order valence-electron chi connectivity index (χ2n) is 4.51. The van der Waals surface area contributed by atoms with Gasteiger partial charge in [0.15, 0.2) is 0 Å². The molecule has 0 saturated heterocycles. The van der Waals surface area contributed by atoms with Crippen LogP contribution in [0.25, 0.3) is 0 Å². The van der Waals surface area contributed by atoms with Crippen molar-refractivity contribution in [3.8, 4) is 0 Å². The molecule has 5 nitrogen and oxygen atoms in total. The maximum absolute atomic E-state index is 11.9. The summed E-state index contributed by atoms with van der Waals surface area (Å²) >= 11 is 1.32. The maximum atomic E-state index is 11.9. The lowest BCUT2D eigenvalue weighted by Gasteiger charge is -2.26. The molecule has 0 heterocycles. The molecule has 0 aliphatic rings. The zero-order valence-corrected chi connectivity index (χ0v) is 13.2. The topological polar surface area (TPSA) is 86.5 Å². The van der Waals surface area contributed by atoms with Gasteiger partial charge in [0.2, 0.25) is 0 Å². The van der Waals surface area contributed by atoms with E-state index in [0.717, 1.165) is 0 Å². The highest BCUT2D eigenvalue weighted by Crippen LogP contribution is 2.24. The molecule has 1 rings (SSSR count). The van der Waals surface area contributed by atoms with Gasteiger partial charge in [0.05, 0.1) is 12.9 Å². The van der Waals surface area contributed by atoms with E-state index in [-0.39, 0.29) is 11.5 Å². The maximum Gasteiger partial charge on any atom is 0.331 e. The Balaban J connectivity index is 2.78. The molecule has 7 heteroatoms. The molecule has 2 N–H and O–H groups in total. The number of methoxy groups -OCH3 is 1. The predicted octanol–water partition coefficient (Wildman–Crippen LogP) is 0.791. The van der Waals surface area contributed by atoms with E-state index in [9.17, 15) is 13.2 Å². The van der Waals surface area contributed by atoms with E-state index < -0.39 is 21.3 Å². The average Bonchev–Trinajstić information content (AvgIpc) is 2.42. The summed E-state index contributed by atoms with van der Waals surface area (Å²) in [5.74, 6) is 0.181. The number of rotatable bonds is 7. The third-order valence-corrected chi connectivity index (χ3v) is 5.12. The molecule has 112 valence electrons. The monoisotopic (exact) mass is 317 g/mol. The second-order valence-corrected chi connectivity index (χ2v) is 7.88. The Morgan fingerprint density at radius 3 is 2.45 bits per heavy atom. The van der Waals surface area contributed by atoms with Crippen molar-refractivity contribution in [2.45, 2.75) is 5.54 Å².